The Bertz CT molecular complexity index is 327. The third kappa shape index (κ3) is 3.05. The Hall–Kier alpha value is -0.350. The van der Waals surface area contributed by atoms with Gasteiger partial charge in [-0.05, 0) is 12.1 Å². The maximum atomic E-state index is 13.5. The highest BCUT2D eigenvalue weighted by Gasteiger charge is 2.17. The van der Waals surface area contributed by atoms with Crippen LogP contribution < -0.4 is 10.6 Å². The zero-order valence-electron chi connectivity index (χ0n) is 8.09. The molecule has 1 saturated heterocycles. The van der Waals surface area contributed by atoms with Gasteiger partial charge >= 0.3 is 0 Å². The molecule has 1 fully saturated rings. The van der Waals surface area contributed by atoms with E-state index in [9.17, 15) is 4.39 Å². The molecule has 1 aromatic carbocycles. The highest BCUT2D eigenvalue weighted by Crippen LogP contribution is 2.21. The Morgan fingerprint density at radius 2 is 2.13 bits per heavy atom. The van der Waals surface area contributed by atoms with Crippen molar-refractivity contribution in [3.8, 4) is 0 Å². The third-order valence-corrected chi connectivity index (χ3v) is 2.61. The van der Waals surface area contributed by atoms with E-state index in [0.29, 0.717) is 10.6 Å². The van der Waals surface area contributed by atoms with Gasteiger partial charge in [0.15, 0.2) is 0 Å². The maximum absolute atomic E-state index is 13.5. The maximum Gasteiger partial charge on any atom is 0.129 e. The third-order valence-electron chi connectivity index (χ3n) is 2.38. The van der Waals surface area contributed by atoms with Crippen molar-refractivity contribution < 1.29 is 4.39 Å². The van der Waals surface area contributed by atoms with E-state index in [1.54, 1.807) is 12.1 Å². The van der Waals surface area contributed by atoms with Crippen molar-refractivity contribution in [2.24, 2.45) is 0 Å². The number of rotatable bonds is 1. The lowest BCUT2D eigenvalue weighted by atomic mass is 10.1. The first-order valence-corrected chi connectivity index (χ1v) is 5.04. The largest absolute Gasteiger partial charge is 0.314 e. The molecule has 2 rings (SSSR count). The first kappa shape index (κ1) is 12.7. The molecule has 2 nitrogen and oxygen atoms in total. The van der Waals surface area contributed by atoms with Crippen molar-refractivity contribution in [1.82, 2.24) is 10.6 Å². The summed E-state index contributed by atoms with van der Waals surface area (Å²) in [6, 6.07) is 4.87. The van der Waals surface area contributed by atoms with E-state index in [4.69, 9.17) is 11.6 Å². The van der Waals surface area contributed by atoms with Crippen LogP contribution in [0.1, 0.15) is 11.6 Å². The Kier molecular flexibility index (Phi) is 4.80. The van der Waals surface area contributed by atoms with Gasteiger partial charge in [-0.3, -0.25) is 0 Å². The Balaban J connectivity index is 0.00000112. The van der Waals surface area contributed by atoms with Gasteiger partial charge in [0.2, 0.25) is 0 Å². The molecule has 0 saturated carbocycles. The van der Waals surface area contributed by atoms with Crippen LogP contribution in [0.25, 0.3) is 0 Å². The molecule has 0 aliphatic carbocycles. The van der Waals surface area contributed by atoms with E-state index in [1.165, 1.54) is 6.07 Å². The summed E-state index contributed by atoms with van der Waals surface area (Å²) in [6.07, 6.45) is 0. The minimum atomic E-state index is -0.237. The molecule has 15 heavy (non-hydrogen) atoms. The summed E-state index contributed by atoms with van der Waals surface area (Å²) in [5.74, 6) is -0.237. The Morgan fingerprint density at radius 3 is 2.73 bits per heavy atom. The second-order valence-electron chi connectivity index (χ2n) is 3.38. The average molecular weight is 251 g/mol. The van der Waals surface area contributed by atoms with Gasteiger partial charge in [0.25, 0.3) is 0 Å². The molecule has 1 aliphatic heterocycles. The van der Waals surface area contributed by atoms with Gasteiger partial charge in [0.05, 0.1) is 0 Å². The number of piperazine rings is 1. The molecule has 1 aromatic rings. The summed E-state index contributed by atoms with van der Waals surface area (Å²) in [5.41, 5.74) is 0.682. The number of benzene rings is 1. The van der Waals surface area contributed by atoms with E-state index in [-0.39, 0.29) is 24.3 Å². The van der Waals surface area contributed by atoms with Gasteiger partial charge in [0.1, 0.15) is 5.82 Å². The number of hydrogen-bond donors (Lipinski definition) is 2. The van der Waals surface area contributed by atoms with Crippen molar-refractivity contribution in [2.75, 3.05) is 19.6 Å². The fourth-order valence-corrected chi connectivity index (χ4v) is 1.82. The van der Waals surface area contributed by atoms with Crippen molar-refractivity contribution in [2.45, 2.75) is 6.04 Å². The molecule has 84 valence electrons. The zero-order valence-corrected chi connectivity index (χ0v) is 9.67. The van der Waals surface area contributed by atoms with Crippen LogP contribution in [0.3, 0.4) is 0 Å². The fourth-order valence-electron chi connectivity index (χ4n) is 1.66. The SMILES string of the molecule is Cl.Fc1cc(Cl)ccc1[C@H]1CNCCN1. The predicted octanol–water partition coefficient (Wildman–Crippen LogP) is 2.13. The molecule has 2 N–H and O–H groups in total. The predicted molar refractivity (Wildman–Crippen MR) is 62.3 cm³/mol. The summed E-state index contributed by atoms with van der Waals surface area (Å²) in [6.45, 7) is 2.57. The molecular weight excluding hydrogens is 238 g/mol. The molecule has 1 aliphatic rings. The minimum Gasteiger partial charge on any atom is -0.314 e. The van der Waals surface area contributed by atoms with Crippen LogP contribution in [0.2, 0.25) is 5.02 Å². The first-order valence-electron chi connectivity index (χ1n) is 4.66. The van der Waals surface area contributed by atoms with E-state index < -0.39 is 0 Å². The van der Waals surface area contributed by atoms with Crippen LogP contribution in [0.5, 0.6) is 0 Å². The molecule has 1 atom stereocenters. The fraction of sp³-hybridized carbons (Fsp3) is 0.400. The smallest absolute Gasteiger partial charge is 0.129 e. The molecule has 5 heteroatoms. The summed E-state index contributed by atoms with van der Waals surface area (Å²) in [7, 11) is 0. The van der Waals surface area contributed by atoms with Crippen LogP contribution in [-0.2, 0) is 0 Å². The summed E-state index contributed by atoms with van der Waals surface area (Å²) in [5, 5.41) is 6.90. The van der Waals surface area contributed by atoms with Gasteiger partial charge in [-0.15, -0.1) is 12.4 Å². The van der Waals surface area contributed by atoms with Gasteiger partial charge in [-0.2, -0.15) is 0 Å². The minimum absolute atomic E-state index is 0. The lowest BCUT2D eigenvalue weighted by molar-refractivity contribution is 0.417. The molecule has 1 heterocycles. The van der Waals surface area contributed by atoms with E-state index in [1.807, 2.05) is 0 Å². The average Bonchev–Trinajstić information content (AvgIpc) is 2.19. The Labute approximate surface area is 99.6 Å². The number of hydrogen-bond acceptors (Lipinski definition) is 2. The van der Waals surface area contributed by atoms with Crippen molar-refractivity contribution >= 4 is 24.0 Å². The molecule has 0 aromatic heterocycles. The monoisotopic (exact) mass is 250 g/mol. The van der Waals surface area contributed by atoms with Gasteiger partial charge in [-0.1, -0.05) is 17.7 Å². The number of halogens is 3. The lowest BCUT2D eigenvalue weighted by Crippen LogP contribution is -2.42. The van der Waals surface area contributed by atoms with Crippen molar-refractivity contribution in [1.29, 1.82) is 0 Å². The molecule has 0 bridgehead atoms. The highest BCUT2D eigenvalue weighted by atomic mass is 35.5. The molecule has 0 spiro atoms. The second kappa shape index (κ2) is 5.66. The van der Waals surface area contributed by atoms with Crippen LogP contribution in [-0.4, -0.2) is 19.6 Å². The molecule has 0 amide bonds. The van der Waals surface area contributed by atoms with Crippen molar-refractivity contribution in [3.63, 3.8) is 0 Å². The summed E-state index contributed by atoms with van der Waals surface area (Å²) in [4.78, 5) is 0. The lowest BCUT2D eigenvalue weighted by Gasteiger charge is -2.25. The van der Waals surface area contributed by atoms with Gasteiger partial charge < -0.3 is 10.6 Å². The second-order valence-corrected chi connectivity index (χ2v) is 3.81. The van der Waals surface area contributed by atoms with Gasteiger partial charge in [0, 0.05) is 36.3 Å². The van der Waals surface area contributed by atoms with Gasteiger partial charge in [-0.25, -0.2) is 4.39 Å². The van der Waals surface area contributed by atoms with Crippen LogP contribution >= 0.6 is 24.0 Å². The molecule has 0 unspecified atom stereocenters. The summed E-state index contributed by atoms with van der Waals surface area (Å²) >= 11 is 5.68. The van der Waals surface area contributed by atoms with E-state index in [0.717, 1.165) is 19.6 Å². The van der Waals surface area contributed by atoms with Crippen LogP contribution in [0.4, 0.5) is 4.39 Å². The summed E-state index contributed by atoms with van der Waals surface area (Å²) < 4.78 is 13.5. The van der Waals surface area contributed by atoms with E-state index >= 15 is 0 Å². The number of nitrogens with one attached hydrogen (secondary N) is 2. The zero-order chi connectivity index (χ0) is 9.97. The highest BCUT2D eigenvalue weighted by molar-refractivity contribution is 6.30. The van der Waals surface area contributed by atoms with Crippen LogP contribution in [0, 0.1) is 5.82 Å². The van der Waals surface area contributed by atoms with E-state index in [2.05, 4.69) is 10.6 Å². The topological polar surface area (TPSA) is 24.1 Å². The van der Waals surface area contributed by atoms with Crippen molar-refractivity contribution in [3.05, 3.63) is 34.6 Å². The quantitative estimate of drug-likeness (QED) is 0.799. The molecule has 0 radical (unpaired) electrons. The standard InChI is InChI=1S/C10H12ClFN2.ClH/c11-7-1-2-8(9(12)5-7)10-6-13-3-4-14-10;/h1-2,5,10,13-14H,3-4,6H2;1H/t10-;/m1./s1. The normalized spacial score (nSPS) is 20.8. The first-order chi connectivity index (χ1) is 6.77. The Morgan fingerprint density at radius 1 is 1.33 bits per heavy atom. The van der Waals surface area contributed by atoms with Crippen LogP contribution in [0.15, 0.2) is 18.2 Å². The molecular formula is C10H13Cl2FN2.